The van der Waals surface area contributed by atoms with Gasteiger partial charge in [-0.3, -0.25) is 9.98 Å². The summed E-state index contributed by atoms with van der Waals surface area (Å²) in [5, 5.41) is 11.2. The van der Waals surface area contributed by atoms with Crippen molar-refractivity contribution in [2.45, 2.75) is 25.5 Å². The fraction of sp³-hybridized carbons (Fsp3) is 0.286. The van der Waals surface area contributed by atoms with Gasteiger partial charge in [-0.25, -0.2) is 0 Å². The van der Waals surface area contributed by atoms with E-state index in [9.17, 15) is 5.11 Å². The largest absolute Gasteiger partial charge is 0.508 e. The average Bonchev–Trinajstić information content (AvgIpc) is 2.35. The summed E-state index contributed by atoms with van der Waals surface area (Å²) in [6.07, 6.45) is 8.53. The Bertz CT molecular complexity index is 552. The van der Waals surface area contributed by atoms with E-state index in [0.29, 0.717) is 10.8 Å². The zero-order chi connectivity index (χ0) is 13.7. The highest BCUT2D eigenvalue weighted by atomic mass is 35.5. The Kier molecular flexibility index (Phi) is 5.05. The minimum atomic E-state index is 0.294. The zero-order valence-corrected chi connectivity index (χ0v) is 12.2. The summed E-state index contributed by atoms with van der Waals surface area (Å²) in [5.41, 5.74) is 1.88. The molecule has 0 amide bonds. The normalized spacial score (nSPS) is 18.7. The fourth-order valence-electron chi connectivity index (χ4n) is 1.69. The molecule has 1 aromatic heterocycles. The highest BCUT2D eigenvalue weighted by Crippen LogP contribution is 2.24. The Balaban J connectivity index is 2.04. The van der Waals surface area contributed by atoms with Gasteiger partial charge in [-0.15, -0.1) is 11.8 Å². The summed E-state index contributed by atoms with van der Waals surface area (Å²) >= 11 is 7.76. The number of hydrogen-bond donors (Lipinski definition) is 1. The predicted octanol–water partition coefficient (Wildman–Crippen LogP) is 4.51. The lowest BCUT2D eigenvalue weighted by molar-refractivity contribution is 0.428. The molecule has 1 N–H and O–H groups in total. The van der Waals surface area contributed by atoms with Crippen molar-refractivity contribution in [3.05, 3.63) is 52.7 Å². The van der Waals surface area contributed by atoms with Crippen LogP contribution in [0.3, 0.4) is 0 Å². The molecule has 3 nitrogen and oxygen atoms in total. The van der Waals surface area contributed by atoms with Crippen molar-refractivity contribution in [2.24, 2.45) is 4.99 Å². The number of aliphatic hydroxyl groups excluding tert-OH is 1. The first-order valence-corrected chi connectivity index (χ1v) is 7.37. The van der Waals surface area contributed by atoms with Gasteiger partial charge < -0.3 is 5.11 Å². The predicted molar refractivity (Wildman–Crippen MR) is 81.7 cm³/mol. The molecule has 0 aromatic carbocycles. The summed E-state index contributed by atoms with van der Waals surface area (Å²) in [6.45, 7) is 1.88. The number of nitrogens with zero attached hydrogens (tertiary/aromatic N) is 2. The Labute approximate surface area is 122 Å². The van der Waals surface area contributed by atoms with E-state index in [2.05, 4.69) is 9.98 Å². The van der Waals surface area contributed by atoms with Crippen LogP contribution in [0.1, 0.15) is 25.3 Å². The number of thioether (sulfide) groups is 1. The van der Waals surface area contributed by atoms with E-state index in [1.54, 1.807) is 30.2 Å². The molecule has 1 aromatic rings. The van der Waals surface area contributed by atoms with Crippen LogP contribution in [0, 0.1) is 0 Å². The van der Waals surface area contributed by atoms with Crippen LogP contribution in [0.25, 0.3) is 0 Å². The van der Waals surface area contributed by atoms with Gasteiger partial charge in [0.15, 0.2) is 0 Å². The molecule has 0 atom stereocenters. The van der Waals surface area contributed by atoms with Crippen LogP contribution >= 0.6 is 23.4 Å². The summed E-state index contributed by atoms with van der Waals surface area (Å²) in [5.74, 6) is 1.07. The van der Waals surface area contributed by atoms with Crippen LogP contribution in [0.15, 0.2) is 47.1 Å². The van der Waals surface area contributed by atoms with Crippen molar-refractivity contribution >= 4 is 28.4 Å². The third-order valence-corrected chi connectivity index (χ3v) is 4.04. The monoisotopic (exact) mass is 294 g/mol. The zero-order valence-electron chi connectivity index (χ0n) is 10.6. The van der Waals surface area contributed by atoms with Gasteiger partial charge in [0.2, 0.25) is 0 Å². The summed E-state index contributed by atoms with van der Waals surface area (Å²) in [7, 11) is 0. The molecule has 2 heterocycles. The number of aliphatic hydroxyl groups is 1. The Morgan fingerprint density at radius 3 is 3.11 bits per heavy atom. The molecule has 0 saturated carbocycles. The molecule has 19 heavy (non-hydrogen) atoms. The van der Waals surface area contributed by atoms with E-state index >= 15 is 0 Å². The number of halogens is 1. The molecule has 0 spiro atoms. The van der Waals surface area contributed by atoms with Crippen molar-refractivity contribution in [3.8, 4) is 0 Å². The summed E-state index contributed by atoms with van der Waals surface area (Å²) in [4.78, 5) is 8.48. The van der Waals surface area contributed by atoms with Gasteiger partial charge in [-0.05, 0) is 37.5 Å². The molecule has 0 saturated heterocycles. The Hall–Kier alpha value is -1.26. The molecule has 0 unspecified atom stereocenters. The second-order valence-electron chi connectivity index (χ2n) is 4.21. The van der Waals surface area contributed by atoms with Gasteiger partial charge in [-0.1, -0.05) is 11.6 Å². The van der Waals surface area contributed by atoms with Crippen LogP contribution in [-0.4, -0.2) is 15.1 Å². The van der Waals surface area contributed by atoms with Crippen LogP contribution in [0.2, 0.25) is 5.02 Å². The van der Waals surface area contributed by atoms with Crippen LogP contribution in [-0.2, 0) is 5.75 Å². The van der Waals surface area contributed by atoms with E-state index in [-0.39, 0.29) is 0 Å². The third-order valence-electron chi connectivity index (χ3n) is 2.62. The molecule has 1 aliphatic heterocycles. The first-order chi connectivity index (χ1) is 9.15. The van der Waals surface area contributed by atoms with Crippen molar-refractivity contribution in [1.29, 1.82) is 0 Å². The SMILES string of the molecule is CC1=C/C(O)=C\CCC(SCc2ccncc2Cl)=N1. The lowest BCUT2D eigenvalue weighted by Gasteiger charge is -2.09. The number of rotatable bonds is 2. The van der Waals surface area contributed by atoms with Crippen LogP contribution < -0.4 is 0 Å². The van der Waals surface area contributed by atoms with Crippen molar-refractivity contribution in [1.82, 2.24) is 4.98 Å². The smallest absolute Gasteiger partial charge is 0.113 e. The lowest BCUT2D eigenvalue weighted by atomic mass is 10.2. The Morgan fingerprint density at radius 1 is 1.47 bits per heavy atom. The van der Waals surface area contributed by atoms with Gasteiger partial charge >= 0.3 is 0 Å². The summed E-state index contributed by atoms with van der Waals surface area (Å²) < 4.78 is 0. The van der Waals surface area contributed by atoms with Crippen LogP contribution in [0.4, 0.5) is 0 Å². The molecule has 2 rings (SSSR count). The van der Waals surface area contributed by atoms with Gasteiger partial charge in [0.05, 0.1) is 10.1 Å². The maximum atomic E-state index is 9.50. The highest BCUT2D eigenvalue weighted by Gasteiger charge is 2.07. The van der Waals surface area contributed by atoms with Crippen molar-refractivity contribution < 1.29 is 5.11 Å². The van der Waals surface area contributed by atoms with Crippen molar-refractivity contribution in [3.63, 3.8) is 0 Å². The number of aliphatic imine (C=N–C) groups is 1. The first kappa shape index (κ1) is 14.2. The van der Waals surface area contributed by atoms with E-state index in [1.165, 1.54) is 0 Å². The maximum absolute atomic E-state index is 9.50. The maximum Gasteiger partial charge on any atom is 0.113 e. The van der Waals surface area contributed by atoms with Crippen LogP contribution in [0.5, 0.6) is 0 Å². The van der Waals surface area contributed by atoms with Gasteiger partial charge in [0, 0.05) is 29.9 Å². The molecule has 5 heteroatoms. The van der Waals surface area contributed by atoms with E-state index in [4.69, 9.17) is 11.6 Å². The minimum Gasteiger partial charge on any atom is -0.508 e. The van der Waals surface area contributed by atoms with E-state index < -0.39 is 0 Å². The van der Waals surface area contributed by atoms with E-state index in [1.807, 2.05) is 19.1 Å². The quantitative estimate of drug-likeness (QED) is 0.873. The van der Waals surface area contributed by atoms with Gasteiger partial charge in [-0.2, -0.15) is 0 Å². The standard InChI is InChI=1S/C14H15ClN2OS/c1-10-7-12(18)3-2-4-14(17-10)19-9-11-5-6-16-8-13(11)15/h3,5-8,18H,2,4,9H2,1H3/b10-7?,12-3+,17-14?. The molecule has 0 fully saturated rings. The molecule has 0 bridgehead atoms. The molecule has 1 aliphatic rings. The number of pyridine rings is 1. The third kappa shape index (κ3) is 4.40. The molecule has 0 aliphatic carbocycles. The molecule has 0 radical (unpaired) electrons. The molecular weight excluding hydrogens is 280 g/mol. The number of aromatic nitrogens is 1. The fourth-order valence-corrected chi connectivity index (χ4v) is 3.00. The second kappa shape index (κ2) is 6.78. The lowest BCUT2D eigenvalue weighted by Crippen LogP contribution is -1.97. The van der Waals surface area contributed by atoms with Crippen molar-refractivity contribution in [2.75, 3.05) is 0 Å². The Morgan fingerprint density at radius 2 is 2.32 bits per heavy atom. The number of allylic oxidation sites excluding steroid dienone is 3. The second-order valence-corrected chi connectivity index (χ2v) is 5.67. The molecule has 100 valence electrons. The average molecular weight is 295 g/mol. The highest BCUT2D eigenvalue weighted by molar-refractivity contribution is 8.13. The first-order valence-electron chi connectivity index (χ1n) is 6.01. The van der Waals surface area contributed by atoms with E-state index in [0.717, 1.165) is 34.9 Å². The minimum absolute atomic E-state index is 0.294. The topological polar surface area (TPSA) is 45.5 Å². The molecular formula is C14H15ClN2OS. The summed E-state index contributed by atoms with van der Waals surface area (Å²) in [6, 6.07) is 1.92. The van der Waals surface area contributed by atoms with Gasteiger partial charge in [0.25, 0.3) is 0 Å². The van der Waals surface area contributed by atoms with Gasteiger partial charge in [0.1, 0.15) is 5.76 Å². The number of hydrogen-bond acceptors (Lipinski definition) is 4.